The first-order valence-corrected chi connectivity index (χ1v) is 5.50. The number of Topliss-reactive ketones (excluding diaryl/α,β-unsaturated/α-hetero) is 1. The Bertz CT molecular complexity index is 142. The van der Waals surface area contributed by atoms with Crippen molar-refractivity contribution in [3.05, 3.63) is 0 Å². The molecule has 0 atom stereocenters. The van der Waals surface area contributed by atoms with Crippen molar-refractivity contribution in [2.24, 2.45) is 0 Å². The number of nitrogens with zero attached hydrogens (tertiary/aromatic N) is 1. The Balaban J connectivity index is 4.02. The van der Waals surface area contributed by atoms with Crippen molar-refractivity contribution in [2.75, 3.05) is 26.2 Å². The number of carbonyl (C=O) groups excluding carboxylic acids is 1. The van der Waals surface area contributed by atoms with E-state index in [9.17, 15) is 4.79 Å². The molecule has 13 heavy (non-hydrogen) atoms. The molecule has 0 amide bonds. The lowest BCUT2D eigenvalue weighted by Crippen LogP contribution is -2.48. The van der Waals surface area contributed by atoms with Gasteiger partial charge in [0, 0.05) is 6.42 Å². The fraction of sp³-hybridized carbons (Fsp3) is 0.909. The molecule has 0 aliphatic heterocycles. The molecule has 0 aromatic rings. The maximum absolute atomic E-state index is 11.2. The lowest BCUT2D eigenvalue weighted by atomic mass is 10.2. The molecule has 0 heterocycles. The van der Waals surface area contributed by atoms with Crippen LogP contribution in [0.5, 0.6) is 0 Å². The molecule has 0 spiro atoms. The molecular weight excluding hydrogens is 162 g/mol. The molecule has 0 aliphatic rings. The summed E-state index contributed by atoms with van der Waals surface area (Å²) in [4.78, 5) is 11.2. The van der Waals surface area contributed by atoms with Crippen LogP contribution >= 0.6 is 0 Å². The molecule has 2 heteroatoms. The van der Waals surface area contributed by atoms with Gasteiger partial charge >= 0.3 is 0 Å². The van der Waals surface area contributed by atoms with E-state index in [0.717, 1.165) is 37.1 Å². The van der Waals surface area contributed by atoms with Crippen LogP contribution in [0.2, 0.25) is 0 Å². The van der Waals surface area contributed by atoms with Gasteiger partial charge in [-0.15, -0.1) is 0 Å². The molecule has 78 valence electrons. The summed E-state index contributed by atoms with van der Waals surface area (Å²) in [5.41, 5.74) is 0. The smallest absolute Gasteiger partial charge is 0.138 e. The molecule has 0 aliphatic carbocycles. The molecule has 0 aromatic carbocycles. The van der Waals surface area contributed by atoms with E-state index in [2.05, 4.69) is 20.8 Å². The Morgan fingerprint density at radius 1 is 1.00 bits per heavy atom. The lowest BCUT2D eigenvalue weighted by molar-refractivity contribution is -0.922. The van der Waals surface area contributed by atoms with Crippen molar-refractivity contribution in [3.8, 4) is 0 Å². The summed E-state index contributed by atoms with van der Waals surface area (Å²) in [6, 6.07) is 0. The zero-order valence-corrected chi connectivity index (χ0v) is 9.60. The van der Waals surface area contributed by atoms with E-state index < -0.39 is 0 Å². The molecule has 0 bridgehead atoms. The van der Waals surface area contributed by atoms with E-state index in [1.807, 2.05) is 6.92 Å². The minimum absolute atomic E-state index is 0.401. The predicted octanol–water partition coefficient (Wildman–Crippen LogP) is 2.23. The van der Waals surface area contributed by atoms with Gasteiger partial charge in [0.1, 0.15) is 5.78 Å². The molecule has 0 saturated carbocycles. The highest BCUT2D eigenvalue weighted by Crippen LogP contribution is 2.07. The summed E-state index contributed by atoms with van der Waals surface area (Å²) in [7, 11) is 0. The fourth-order valence-electron chi connectivity index (χ4n) is 1.68. The van der Waals surface area contributed by atoms with Crippen LogP contribution in [0.3, 0.4) is 0 Å². The van der Waals surface area contributed by atoms with Crippen LogP contribution in [0.25, 0.3) is 0 Å². The van der Waals surface area contributed by atoms with Gasteiger partial charge in [0.25, 0.3) is 0 Å². The Morgan fingerprint density at radius 2 is 1.46 bits per heavy atom. The van der Waals surface area contributed by atoms with E-state index >= 15 is 0 Å². The number of ketones is 1. The van der Waals surface area contributed by atoms with E-state index in [-0.39, 0.29) is 0 Å². The van der Waals surface area contributed by atoms with Gasteiger partial charge in [-0.3, -0.25) is 4.79 Å². The second-order valence-corrected chi connectivity index (χ2v) is 3.66. The van der Waals surface area contributed by atoms with Gasteiger partial charge in [0.2, 0.25) is 0 Å². The Labute approximate surface area is 82.5 Å². The molecule has 0 saturated heterocycles. The van der Waals surface area contributed by atoms with E-state index in [4.69, 9.17) is 0 Å². The fourth-order valence-corrected chi connectivity index (χ4v) is 1.68. The van der Waals surface area contributed by atoms with Crippen molar-refractivity contribution < 1.29 is 9.28 Å². The zero-order valence-electron chi connectivity index (χ0n) is 9.60. The Morgan fingerprint density at radius 3 is 1.77 bits per heavy atom. The largest absolute Gasteiger partial charge is 0.324 e. The molecule has 0 fully saturated rings. The SMILES string of the molecule is CCC(=O)CC[N+](CC)(CC)CC. The minimum atomic E-state index is 0.401. The number of hydrogen-bond acceptors (Lipinski definition) is 1. The van der Waals surface area contributed by atoms with Gasteiger partial charge < -0.3 is 4.48 Å². The van der Waals surface area contributed by atoms with Crippen molar-refractivity contribution in [1.82, 2.24) is 0 Å². The second-order valence-electron chi connectivity index (χ2n) is 3.66. The summed E-state index contributed by atoms with van der Waals surface area (Å²) >= 11 is 0. The molecule has 0 aromatic heterocycles. The molecule has 0 unspecified atom stereocenters. The number of carbonyl (C=O) groups is 1. The first-order chi connectivity index (χ1) is 6.14. The van der Waals surface area contributed by atoms with Crippen LogP contribution in [0, 0.1) is 0 Å². The maximum atomic E-state index is 11.2. The highest BCUT2D eigenvalue weighted by Gasteiger charge is 2.20. The van der Waals surface area contributed by atoms with Gasteiger partial charge in [0.15, 0.2) is 0 Å². The lowest BCUT2D eigenvalue weighted by Gasteiger charge is -2.35. The third-order valence-electron chi connectivity index (χ3n) is 3.27. The topological polar surface area (TPSA) is 17.1 Å². The van der Waals surface area contributed by atoms with E-state index in [0.29, 0.717) is 12.2 Å². The maximum Gasteiger partial charge on any atom is 0.138 e. The average molecular weight is 186 g/mol. The van der Waals surface area contributed by atoms with Crippen LogP contribution in [0.4, 0.5) is 0 Å². The van der Waals surface area contributed by atoms with Crippen LogP contribution in [-0.2, 0) is 4.79 Å². The monoisotopic (exact) mass is 186 g/mol. The van der Waals surface area contributed by atoms with Crippen LogP contribution < -0.4 is 0 Å². The van der Waals surface area contributed by atoms with Gasteiger partial charge in [-0.1, -0.05) is 6.92 Å². The van der Waals surface area contributed by atoms with Crippen LogP contribution in [-0.4, -0.2) is 36.4 Å². The first-order valence-electron chi connectivity index (χ1n) is 5.50. The Hall–Kier alpha value is -0.370. The van der Waals surface area contributed by atoms with Crippen molar-refractivity contribution in [2.45, 2.75) is 40.5 Å². The van der Waals surface area contributed by atoms with E-state index in [1.54, 1.807) is 0 Å². The van der Waals surface area contributed by atoms with Gasteiger partial charge in [-0.05, 0) is 20.8 Å². The summed E-state index contributed by atoms with van der Waals surface area (Å²) in [5, 5.41) is 0. The van der Waals surface area contributed by atoms with Crippen molar-refractivity contribution in [1.29, 1.82) is 0 Å². The molecular formula is C11H24NO+. The normalized spacial score (nSPS) is 11.7. The molecule has 2 nitrogen and oxygen atoms in total. The number of hydrogen-bond donors (Lipinski definition) is 0. The van der Waals surface area contributed by atoms with Crippen molar-refractivity contribution in [3.63, 3.8) is 0 Å². The highest BCUT2D eigenvalue weighted by molar-refractivity contribution is 5.78. The summed E-state index contributed by atoms with van der Waals surface area (Å²) in [6.45, 7) is 13.0. The van der Waals surface area contributed by atoms with Crippen molar-refractivity contribution >= 4 is 5.78 Å². The van der Waals surface area contributed by atoms with E-state index in [1.165, 1.54) is 0 Å². The van der Waals surface area contributed by atoms with Gasteiger partial charge in [0.05, 0.1) is 32.6 Å². The quantitative estimate of drug-likeness (QED) is 0.557. The number of rotatable bonds is 7. The van der Waals surface area contributed by atoms with Crippen LogP contribution in [0.15, 0.2) is 0 Å². The second kappa shape index (κ2) is 6.14. The molecule has 0 N–H and O–H groups in total. The zero-order chi connectivity index (χ0) is 10.3. The predicted molar refractivity (Wildman–Crippen MR) is 56.7 cm³/mol. The van der Waals surface area contributed by atoms with Gasteiger partial charge in [-0.25, -0.2) is 0 Å². The summed E-state index contributed by atoms with van der Waals surface area (Å²) < 4.78 is 1.09. The average Bonchev–Trinajstić information content (AvgIpc) is 2.20. The van der Waals surface area contributed by atoms with Crippen LogP contribution in [0.1, 0.15) is 40.5 Å². The number of quaternary nitrogens is 1. The summed E-state index contributed by atoms with van der Waals surface area (Å²) in [6.07, 6.45) is 1.45. The van der Waals surface area contributed by atoms with Gasteiger partial charge in [-0.2, -0.15) is 0 Å². The minimum Gasteiger partial charge on any atom is -0.324 e. The highest BCUT2D eigenvalue weighted by atomic mass is 16.1. The Kier molecular flexibility index (Phi) is 5.97. The first kappa shape index (κ1) is 12.6. The standard InChI is InChI=1S/C11H24NO/c1-5-11(13)9-10-12(6-2,7-3)8-4/h5-10H2,1-4H3/q+1. The third kappa shape index (κ3) is 3.90. The molecule has 0 rings (SSSR count). The summed E-state index contributed by atoms with van der Waals surface area (Å²) in [5.74, 6) is 0.401. The molecule has 0 radical (unpaired) electrons. The third-order valence-corrected chi connectivity index (χ3v) is 3.27.